The molecule has 0 bridgehead atoms. The van der Waals surface area contributed by atoms with Crippen LogP contribution < -0.4 is 5.32 Å². The summed E-state index contributed by atoms with van der Waals surface area (Å²) in [6.07, 6.45) is 0. The van der Waals surface area contributed by atoms with E-state index >= 15 is 0 Å². The summed E-state index contributed by atoms with van der Waals surface area (Å²) < 4.78 is 3.52. The van der Waals surface area contributed by atoms with Crippen molar-refractivity contribution in [3.05, 3.63) is 17.5 Å². The molecule has 2 amide bonds. The molecule has 126 valence electrons. The molecular formula is C13H22N8OS. The van der Waals surface area contributed by atoms with Gasteiger partial charge in [0.05, 0.1) is 12.2 Å². The lowest BCUT2D eigenvalue weighted by Gasteiger charge is -2.18. The average Bonchev–Trinajstić information content (AvgIpc) is 3.06. The zero-order valence-electron chi connectivity index (χ0n) is 13.9. The molecule has 2 heterocycles. The van der Waals surface area contributed by atoms with E-state index in [1.807, 2.05) is 24.6 Å². The summed E-state index contributed by atoms with van der Waals surface area (Å²) in [5.74, 6) is 0.714. The second-order valence-electron chi connectivity index (χ2n) is 5.24. The SMILES string of the molecule is Cc1cc(C)n(CCN(C)C(=O)NCCSc2nnnn2C)n1. The molecule has 2 aromatic heterocycles. The largest absolute Gasteiger partial charge is 0.337 e. The Morgan fingerprint density at radius 2 is 2.22 bits per heavy atom. The quantitative estimate of drug-likeness (QED) is 0.582. The van der Waals surface area contributed by atoms with Crippen molar-refractivity contribution in [2.45, 2.75) is 25.5 Å². The lowest BCUT2D eigenvalue weighted by Crippen LogP contribution is -2.40. The molecular weight excluding hydrogens is 316 g/mol. The molecule has 2 rings (SSSR count). The second-order valence-corrected chi connectivity index (χ2v) is 6.30. The number of nitrogens with zero attached hydrogens (tertiary/aromatic N) is 7. The van der Waals surface area contributed by atoms with Crippen molar-refractivity contribution < 1.29 is 4.79 Å². The van der Waals surface area contributed by atoms with E-state index < -0.39 is 0 Å². The number of rotatable bonds is 7. The Morgan fingerprint density at radius 3 is 2.83 bits per heavy atom. The summed E-state index contributed by atoms with van der Waals surface area (Å²) >= 11 is 1.50. The topological polar surface area (TPSA) is 93.8 Å². The number of hydrogen-bond donors (Lipinski definition) is 1. The van der Waals surface area contributed by atoms with Gasteiger partial charge in [0.25, 0.3) is 0 Å². The highest BCUT2D eigenvalue weighted by Gasteiger charge is 2.09. The smallest absolute Gasteiger partial charge is 0.317 e. The van der Waals surface area contributed by atoms with Crippen molar-refractivity contribution in [1.82, 2.24) is 40.2 Å². The number of thioether (sulfide) groups is 1. The summed E-state index contributed by atoms with van der Waals surface area (Å²) in [5, 5.41) is 19.2. The Bertz CT molecular complexity index is 652. The molecule has 0 atom stereocenters. The van der Waals surface area contributed by atoms with Gasteiger partial charge in [0.2, 0.25) is 5.16 Å². The fraction of sp³-hybridized carbons (Fsp3) is 0.615. The van der Waals surface area contributed by atoms with Gasteiger partial charge in [-0.25, -0.2) is 9.48 Å². The summed E-state index contributed by atoms with van der Waals surface area (Å²) in [5.41, 5.74) is 2.09. The number of aromatic nitrogens is 6. The van der Waals surface area contributed by atoms with Crippen molar-refractivity contribution in [3.8, 4) is 0 Å². The third-order valence-corrected chi connectivity index (χ3v) is 4.30. The molecule has 0 aliphatic carbocycles. The molecule has 0 saturated carbocycles. The molecule has 0 unspecified atom stereocenters. The number of carbonyl (C=O) groups excluding carboxylic acids is 1. The summed E-state index contributed by atoms with van der Waals surface area (Å²) in [7, 11) is 3.56. The molecule has 0 aliphatic rings. The highest BCUT2D eigenvalue weighted by atomic mass is 32.2. The van der Waals surface area contributed by atoms with Crippen LogP contribution in [0.5, 0.6) is 0 Å². The Balaban J connectivity index is 1.66. The predicted octanol–water partition coefficient (Wildman–Crippen LogP) is 0.457. The van der Waals surface area contributed by atoms with Gasteiger partial charge in [0, 0.05) is 38.6 Å². The first kappa shape index (κ1) is 17.3. The first-order chi connectivity index (χ1) is 11.0. The zero-order chi connectivity index (χ0) is 16.8. The zero-order valence-corrected chi connectivity index (χ0v) is 14.7. The second kappa shape index (κ2) is 7.95. The van der Waals surface area contributed by atoms with E-state index in [9.17, 15) is 4.79 Å². The van der Waals surface area contributed by atoms with Gasteiger partial charge in [-0.3, -0.25) is 4.68 Å². The molecule has 10 heteroatoms. The summed E-state index contributed by atoms with van der Waals surface area (Å²) in [6, 6.07) is 1.93. The van der Waals surface area contributed by atoms with Gasteiger partial charge in [-0.1, -0.05) is 11.8 Å². The Kier molecular flexibility index (Phi) is 5.97. The van der Waals surface area contributed by atoms with Crippen LogP contribution in [0.25, 0.3) is 0 Å². The van der Waals surface area contributed by atoms with E-state index in [1.165, 1.54) is 11.8 Å². The maximum Gasteiger partial charge on any atom is 0.317 e. The van der Waals surface area contributed by atoms with Crippen LogP contribution >= 0.6 is 11.8 Å². The Morgan fingerprint density at radius 1 is 1.43 bits per heavy atom. The molecule has 0 aromatic carbocycles. The van der Waals surface area contributed by atoms with Gasteiger partial charge in [0.15, 0.2) is 0 Å². The van der Waals surface area contributed by atoms with Gasteiger partial charge < -0.3 is 10.2 Å². The first-order valence-electron chi connectivity index (χ1n) is 7.32. The van der Waals surface area contributed by atoms with Crippen molar-refractivity contribution in [1.29, 1.82) is 0 Å². The molecule has 2 aromatic rings. The van der Waals surface area contributed by atoms with Crippen molar-refractivity contribution in [3.63, 3.8) is 0 Å². The molecule has 0 fully saturated rings. The van der Waals surface area contributed by atoms with Crippen LogP contribution in [0.2, 0.25) is 0 Å². The van der Waals surface area contributed by atoms with E-state index in [4.69, 9.17) is 0 Å². The van der Waals surface area contributed by atoms with Gasteiger partial charge in [-0.05, 0) is 30.3 Å². The maximum atomic E-state index is 12.0. The number of tetrazole rings is 1. The number of aryl methyl sites for hydroxylation is 3. The number of hydrogen-bond acceptors (Lipinski definition) is 6. The lowest BCUT2D eigenvalue weighted by atomic mass is 10.4. The lowest BCUT2D eigenvalue weighted by molar-refractivity contribution is 0.207. The van der Waals surface area contributed by atoms with Crippen LogP contribution in [-0.2, 0) is 13.6 Å². The molecule has 9 nitrogen and oxygen atoms in total. The molecule has 0 saturated heterocycles. The average molecular weight is 338 g/mol. The van der Waals surface area contributed by atoms with E-state index in [-0.39, 0.29) is 6.03 Å². The van der Waals surface area contributed by atoms with Gasteiger partial charge in [-0.2, -0.15) is 5.10 Å². The van der Waals surface area contributed by atoms with Crippen molar-refractivity contribution in [2.75, 3.05) is 25.9 Å². The fourth-order valence-electron chi connectivity index (χ4n) is 2.03. The van der Waals surface area contributed by atoms with E-state index in [1.54, 1.807) is 23.7 Å². The van der Waals surface area contributed by atoms with Crippen molar-refractivity contribution in [2.24, 2.45) is 7.05 Å². The fourth-order valence-corrected chi connectivity index (χ4v) is 2.73. The highest BCUT2D eigenvalue weighted by Crippen LogP contribution is 2.10. The van der Waals surface area contributed by atoms with Crippen LogP contribution in [0.15, 0.2) is 11.2 Å². The minimum atomic E-state index is -0.0942. The molecule has 0 aliphatic heterocycles. The van der Waals surface area contributed by atoms with Crippen molar-refractivity contribution >= 4 is 17.8 Å². The van der Waals surface area contributed by atoms with Gasteiger partial charge in [-0.15, -0.1) is 5.10 Å². The third-order valence-electron chi connectivity index (χ3n) is 3.29. The normalized spacial score (nSPS) is 10.8. The summed E-state index contributed by atoms with van der Waals surface area (Å²) in [6.45, 7) is 5.82. The van der Waals surface area contributed by atoms with Crippen LogP contribution in [0.1, 0.15) is 11.4 Å². The predicted molar refractivity (Wildman–Crippen MR) is 87.3 cm³/mol. The standard InChI is InChI=1S/C13H22N8OS/c1-10-9-11(2)21(16-10)7-6-19(3)12(22)14-5-8-23-13-15-17-18-20(13)4/h9H,5-8H2,1-4H3,(H,14,22). The minimum Gasteiger partial charge on any atom is -0.337 e. The molecule has 0 radical (unpaired) electrons. The summed E-state index contributed by atoms with van der Waals surface area (Å²) in [4.78, 5) is 13.7. The Hall–Kier alpha value is -2.10. The highest BCUT2D eigenvalue weighted by molar-refractivity contribution is 7.99. The van der Waals surface area contributed by atoms with E-state index in [0.717, 1.165) is 16.5 Å². The van der Waals surface area contributed by atoms with Gasteiger partial charge >= 0.3 is 6.03 Å². The number of amides is 2. The Labute approximate surface area is 139 Å². The minimum absolute atomic E-state index is 0.0942. The third kappa shape index (κ3) is 4.95. The first-order valence-corrected chi connectivity index (χ1v) is 8.31. The molecule has 23 heavy (non-hydrogen) atoms. The monoisotopic (exact) mass is 338 g/mol. The van der Waals surface area contributed by atoms with Crippen LogP contribution in [0.4, 0.5) is 4.79 Å². The number of nitrogens with one attached hydrogen (secondary N) is 1. The number of carbonyl (C=O) groups is 1. The number of urea groups is 1. The maximum absolute atomic E-state index is 12.0. The van der Waals surface area contributed by atoms with E-state index in [0.29, 0.717) is 25.4 Å². The number of likely N-dealkylation sites (N-methyl/N-ethyl adjacent to an activating group) is 1. The van der Waals surface area contributed by atoms with Crippen LogP contribution in [0, 0.1) is 13.8 Å². The molecule has 0 spiro atoms. The van der Waals surface area contributed by atoms with Crippen LogP contribution in [0.3, 0.4) is 0 Å². The molecule has 1 N–H and O–H groups in total. The van der Waals surface area contributed by atoms with Crippen LogP contribution in [-0.4, -0.2) is 66.8 Å². The van der Waals surface area contributed by atoms with Gasteiger partial charge in [0.1, 0.15) is 0 Å². The van der Waals surface area contributed by atoms with E-state index in [2.05, 4.69) is 25.9 Å².